The van der Waals surface area contributed by atoms with Gasteiger partial charge in [-0.25, -0.2) is 14.7 Å². The third kappa shape index (κ3) is 7.03. The van der Waals surface area contributed by atoms with E-state index in [2.05, 4.69) is 16.9 Å². The van der Waals surface area contributed by atoms with Crippen molar-refractivity contribution in [3.05, 3.63) is 6.33 Å². The maximum Gasteiger partial charge on any atom is 0.417 e. The molecule has 0 N–H and O–H groups in total. The lowest BCUT2D eigenvalue weighted by Crippen LogP contribution is -2.39. The first-order valence-corrected chi connectivity index (χ1v) is 11.6. The first-order valence-electron chi connectivity index (χ1n) is 11.6. The summed E-state index contributed by atoms with van der Waals surface area (Å²) in [5.41, 5.74) is 0.351. The maximum atomic E-state index is 13.1. The molecule has 10 nitrogen and oxygen atoms in total. The molecule has 0 fully saturated rings. The Morgan fingerprint density at radius 1 is 1.15 bits per heavy atom. The molecule has 0 saturated heterocycles. The minimum Gasteiger partial charge on any atom is -0.465 e. The summed E-state index contributed by atoms with van der Waals surface area (Å²) in [4.78, 5) is 42.5. The normalized spacial score (nSPS) is 11.7. The van der Waals surface area contributed by atoms with E-state index in [-0.39, 0.29) is 31.1 Å². The van der Waals surface area contributed by atoms with Gasteiger partial charge in [0.25, 0.3) is 0 Å². The van der Waals surface area contributed by atoms with Gasteiger partial charge in [-0.2, -0.15) is 9.97 Å². The summed E-state index contributed by atoms with van der Waals surface area (Å²) in [7, 11) is 1.91. The van der Waals surface area contributed by atoms with E-state index in [0.717, 1.165) is 19.3 Å². The molecular weight excluding hydrogens is 424 g/mol. The van der Waals surface area contributed by atoms with Crippen LogP contribution in [0, 0.1) is 0 Å². The third-order valence-corrected chi connectivity index (χ3v) is 4.99. The van der Waals surface area contributed by atoms with Crippen molar-refractivity contribution in [3.63, 3.8) is 0 Å². The van der Waals surface area contributed by atoms with Crippen molar-refractivity contribution in [3.8, 4) is 0 Å². The second-order valence-electron chi connectivity index (χ2n) is 9.24. The number of nitrogens with zero attached hydrogens (tertiary/aromatic N) is 6. The number of hydrogen-bond donors (Lipinski definition) is 0. The molecule has 0 aliphatic heterocycles. The minimum absolute atomic E-state index is 0.0338. The highest BCUT2D eigenvalue weighted by molar-refractivity contribution is 5.90. The van der Waals surface area contributed by atoms with E-state index in [1.54, 1.807) is 17.8 Å². The Labute approximate surface area is 196 Å². The van der Waals surface area contributed by atoms with Gasteiger partial charge in [0.2, 0.25) is 5.95 Å². The zero-order valence-corrected chi connectivity index (χ0v) is 21.2. The number of amides is 1. The summed E-state index contributed by atoms with van der Waals surface area (Å²) in [6.45, 7) is 14.1. The van der Waals surface area contributed by atoms with Gasteiger partial charge in [0.05, 0.1) is 12.9 Å². The zero-order valence-electron chi connectivity index (χ0n) is 21.2. The van der Waals surface area contributed by atoms with Gasteiger partial charge in [-0.05, 0) is 48.0 Å². The number of carbonyl (C=O) groups is 2. The smallest absolute Gasteiger partial charge is 0.417 e. The molecule has 0 aromatic carbocycles. The summed E-state index contributed by atoms with van der Waals surface area (Å²) < 4.78 is 12.4. The lowest BCUT2D eigenvalue weighted by atomic mass is 10.2. The molecule has 2 aromatic heterocycles. The number of hydrogen-bond acceptors (Lipinski definition) is 8. The number of carbonyl (C=O) groups excluding carboxylic acids is 2. The van der Waals surface area contributed by atoms with Crippen LogP contribution < -0.4 is 9.80 Å². The Morgan fingerprint density at radius 3 is 2.42 bits per heavy atom. The van der Waals surface area contributed by atoms with Crippen LogP contribution in [0.15, 0.2) is 6.33 Å². The highest BCUT2D eigenvalue weighted by Crippen LogP contribution is 2.27. The van der Waals surface area contributed by atoms with Crippen LogP contribution in [0.25, 0.3) is 11.2 Å². The molecular formula is C23H38N6O4. The van der Waals surface area contributed by atoms with Gasteiger partial charge in [0, 0.05) is 19.6 Å². The Hall–Kier alpha value is -2.91. The topological polar surface area (TPSA) is 103 Å². The molecule has 0 atom stereocenters. The zero-order chi connectivity index (χ0) is 24.8. The summed E-state index contributed by atoms with van der Waals surface area (Å²) in [5.74, 6) is 0.417. The molecule has 0 unspecified atom stereocenters. The molecule has 33 heavy (non-hydrogen) atoms. The average molecular weight is 463 g/mol. The Bertz CT molecular complexity index is 950. The van der Waals surface area contributed by atoms with Gasteiger partial charge in [-0.1, -0.05) is 19.8 Å². The SMILES string of the molecule is CCCCCN(C(=O)OC(C)(C)C)c1nc(N(C)C(C)C)c2ncn(CC(=O)OCC)c2n1. The average Bonchev–Trinajstić information content (AvgIpc) is 3.11. The van der Waals surface area contributed by atoms with Crippen molar-refractivity contribution >= 4 is 35.0 Å². The van der Waals surface area contributed by atoms with Crippen LogP contribution in [0.2, 0.25) is 0 Å². The standard InChI is InChI=1S/C23H38N6O4/c1-9-11-12-13-29(22(31)33-23(5,6)7)21-25-19(27(8)16(3)4)18-20(26-21)28(15-24-18)14-17(30)32-10-2/h15-16H,9-14H2,1-8H3. The number of anilines is 2. The van der Waals surface area contributed by atoms with Crippen LogP contribution in [0.3, 0.4) is 0 Å². The number of aromatic nitrogens is 4. The van der Waals surface area contributed by atoms with Crippen molar-refractivity contribution < 1.29 is 19.1 Å². The third-order valence-electron chi connectivity index (χ3n) is 4.99. The van der Waals surface area contributed by atoms with Crippen LogP contribution >= 0.6 is 0 Å². The molecule has 0 aliphatic rings. The molecule has 184 valence electrons. The Morgan fingerprint density at radius 2 is 1.85 bits per heavy atom. The summed E-state index contributed by atoms with van der Waals surface area (Å²) in [6, 6.07) is 0.126. The second kappa shape index (κ2) is 11.3. The van der Waals surface area contributed by atoms with Crippen LogP contribution in [-0.4, -0.2) is 63.4 Å². The van der Waals surface area contributed by atoms with Gasteiger partial charge in [-0.15, -0.1) is 0 Å². The molecule has 1 amide bonds. The highest BCUT2D eigenvalue weighted by Gasteiger charge is 2.28. The maximum absolute atomic E-state index is 13.1. The minimum atomic E-state index is -0.659. The molecule has 2 aromatic rings. The second-order valence-corrected chi connectivity index (χ2v) is 9.24. The van der Waals surface area contributed by atoms with Gasteiger partial charge >= 0.3 is 12.1 Å². The van der Waals surface area contributed by atoms with E-state index in [0.29, 0.717) is 23.5 Å². The molecule has 2 heterocycles. The Kier molecular flexibility index (Phi) is 9.01. The fourth-order valence-electron chi connectivity index (χ4n) is 3.10. The monoisotopic (exact) mass is 462 g/mol. The van der Waals surface area contributed by atoms with Crippen molar-refractivity contribution in [2.75, 3.05) is 30.0 Å². The predicted molar refractivity (Wildman–Crippen MR) is 129 cm³/mol. The number of esters is 1. The van der Waals surface area contributed by atoms with Crippen molar-refractivity contribution in [1.29, 1.82) is 0 Å². The van der Waals surface area contributed by atoms with Crippen molar-refractivity contribution in [2.45, 2.75) is 85.9 Å². The largest absolute Gasteiger partial charge is 0.465 e. The number of fused-ring (bicyclic) bond motifs is 1. The number of imidazole rings is 1. The van der Waals surface area contributed by atoms with E-state index in [1.807, 2.05) is 46.6 Å². The number of rotatable bonds is 10. The van der Waals surface area contributed by atoms with E-state index in [1.165, 1.54) is 4.90 Å². The van der Waals surface area contributed by atoms with Crippen molar-refractivity contribution in [1.82, 2.24) is 19.5 Å². The van der Waals surface area contributed by atoms with Gasteiger partial charge < -0.3 is 18.9 Å². The first-order chi connectivity index (χ1) is 15.5. The van der Waals surface area contributed by atoms with Crippen molar-refractivity contribution in [2.24, 2.45) is 0 Å². The summed E-state index contributed by atoms with van der Waals surface area (Å²) in [6.07, 6.45) is 3.80. The molecule has 10 heteroatoms. The molecule has 0 saturated carbocycles. The molecule has 0 aliphatic carbocycles. The molecule has 2 rings (SSSR count). The van der Waals surface area contributed by atoms with Gasteiger partial charge in [0.15, 0.2) is 17.0 Å². The number of unbranched alkanes of at least 4 members (excludes halogenated alkanes) is 2. The lowest BCUT2D eigenvalue weighted by molar-refractivity contribution is -0.143. The van der Waals surface area contributed by atoms with E-state index >= 15 is 0 Å². The highest BCUT2D eigenvalue weighted by atomic mass is 16.6. The lowest BCUT2D eigenvalue weighted by Gasteiger charge is -2.28. The van der Waals surface area contributed by atoms with Crippen LogP contribution in [-0.2, 0) is 20.8 Å². The first kappa shape index (κ1) is 26.3. The summed E-state index contributed by atoms with van der Waals surface area (Å²) in [5, 5.41) is 0. The van der Waals surface area contributed by atoms with Crippen LogP contribution in [0.4, 0.5) is 16.6 Å². The fraction of sp³-hybridized carbons (Fsp3) is 0.696. The van der Waals surface area contributed by atoms with Crippen LogP contribution in [0.5, 0.6) is 0 Å². The Balaban J connectivity index is 2.61. The van der Waals surface area contributed by atoms with E-state index in [4.69, 9.17) is 14.5 Å². The molecule has 0 spiro atoms. The number of ether oxygens (including phenoxy) is 2. The van der Waals surface area contributed by atoms with E-state index < -0.39 is 11.7 Å². The fourth-order valence-corrected chi connectivity index (χ4v) is 3.10. The molecule has 0 bridgehead atoms. The van der Waals surface area contributed by atoms with Crippen LogP contribution in [0.1, 0.15) is 67.7 Å². The van der Waals surface area contributed by atoms with E-state index in [9.17, 15) is 9.59 Å². The molecule has 0 radical (unpaired) electrons. The predicted octanol–water partition coefficient (Wildman–Crippen LogP) is 4.17. The van der Waals surface area contributed by atoms with Gasteiger partial charge in [0.1, 0.15) is 12.1 Å². The quantitative estimate of drug-likeness (QED) is 0.383. The van der Waals surface area contributed by atoms with Gasteiger partial charge in [-0.3, -0.25) is 4.79 Å². The summed E-state index contributed by atoms with van der Waals surface area (Å²) >= 11 is 0.